The Bertz CT molecular complexity index is 722. The van der Waals surface area contributed by atoms with Gasteiger partial charge in [-0.05, 0) is 24.1 Å². The third-order valence-electron chi connectivity index (χ3n) is 5.27. The molecule has 3 heterocycles. The van der Waals surface area contributed by atoms with Crippen molar-refractivity contribution in [3.8, 4) is 5.75 Å². The van der Waals surface area contributed by atoms with Gasteiger partial charge in [0.2, 0.25) is 5.89 Å². The van der Waals surface area contributed by atoms with Gasteiger partial charge in [-0.25, -0.2) is 0 Å². The number of aromatic nitrogens is 2. The van der Waals surface area contributed by atoms with Crippen molar-refractivity contribution in [3.63, 3.8) is 0 Å². The first-order valence-corrected chi connectivity index (χ1v) is 9.26. The van der Waals surface area contributed by atoms with Crippen LogP contribution in [0.1, 0.15) is 42.7 Å². The molecule has 2 aliphatic rings. The molecule has 134 valence electrons. The minimum absolute atomic E-state index is 0.187. The molecule has 6 nitrogen and oxygen atoms in total. The molecule has 0 spiro atoms. The second-order valence-corrected chi connectivity index (χ2v) is 6.93. The van der Waals surface area contributed by atoms with Crippen LogP contribution in [-0.4, -0.2) is 52.7 Å². The van der Waals surface area contributed by atoms with Crippen molar-refractivity contribution in [1.82, 2.24) is 19.9 Å². The minimum atomic E-state index is 0.187. The van der Waals surface area contributed by atoms with Crippen molar-refractivity contribution >= 4 is 0 Å². The Morgan fingerprint density at radius 3 is 2.80 bits per heavy atom. The molecule has 1 aromatic carbocycles. The summed E-state index contributed by atoms with van der Waals surface area (Å²) in [7, 11) is 0. The van der Waals surface area contributed by atoms with Gasteiger partial charge in [-0.1, -0.05) is 24.2 Å². The van der Waals surface area contributed by atoms with Crippen molar-refractivity contribution in [2.75, 3.05) is 32.8 Å². The molecule has 1 unspecified atom stereocenters. The largest absolute Gasteiger partial charge is 0.493 e. The molecule has 1 saturated heterocycles. The summed E-state index contributed by atoms with van der Waals surface area (Å²) in [4.78, 5) is 9.43. The summed E-state index contributed by atoms with van der Waals surface area (Å²) in [6, 6.07) is 6.81. The molecule has 0 bridgehead atoms. The summed E-state index contributed by atoms with van der Waals surface area (Å²) in [6.07, 6.45) is 1.86. The smallest absolute Gasteiger partial charge is 0.243 e. The van der Waals surface area contributed by atoms with E-state index in [2.05, 4.69) is 45.1 Å². The summed E-state index contributed by atoms with van der Waals surface area (Å²) in [5, 5.41) is 4.02. The first-order chi connectivity index (χ1) is 12.2. The van der Waals surface area contributed by atoms with E-state index in [9.17, 15) is 0 Å². The zero-order valence-electron chi connectivity index (χ0n) is 15.1. The van der Waals surface area contributed by atoms with E-state index in [0.717, 1.165) is 69.6 Å². The highest BCUT2D eigenvalue weighted by atomic mass is 16.5. The van der Waals surface area contributed by atoms with E-state index >= 15 is 0 Å². The first kappa shape index (κ1) is 16.5. The molecular formula is C19H26N4O2. The molecule has 25 heavy (non-hydrogen) atoms. The van der Waals surface area contributed by atoms with Crippen LogP contribution in [0.2, 0.25) is 0 Å². The van der Waals surface area contributed by atoms with Crippen LogP contribution < -0.4 is 4.74 Å². The minimum Gasteiger partial charge on any atom is -0.493 e. The summed E-state index contributed by atoms with van der Waals surface area (Å²) >= 11 is 0. The molecule has 0 radical (unpaired) electrons. The third kappa shape index (κ3) is 3.55. The SMILES string of the molecule is CCc1noc(C(C)N2CCN(Cc3ccc4c(c3)CCO4)CC2)n1. The number of aryl methyl sites for hydroxylation is 1. The summed E-state index contributed by atoms with van der Waals surface area (Å²) < 4.78 is 11.0. The van der Waals surface area contributed by atoms with Crippen molar-refractivity contribution in [2.45, 2.75) is 39.3 Å². The van der Waals surface area contributed by atoms with Crippen LogP contribution in [0.3, 0.4) is 0 Å². The van der Waals surface area contributed by atoms with Crippen LogP contribution in [0.15, 0.2) is 22.7 Å². The Morgan fingerprint density at radius 1 is 1.20 bits per heavy atom. The molecule has 1 atom stereocenters. The van der Waals surface area contributed by atoms with E-state index in [1.807, 2.05) is 6.92 Å². The van der Waals surface area contributed by atoms with Crippen molar-refractivity contribution in [1.29, 1.82) is 0 Å². The summed E-state index contributed by atoms with van der Waals surface area (Å²) in [5.41, 5.74) is 2.74. The zero-order chi connectivity index (χ0) is 17.2. The standard InChI is InChI=1S/C19H26N4O2/c1-3-18-20-19(25-21-18)14(2)23-9-7-22(8-10-23)13-15-4-5-17-16(12-15)6-11-24-17/h4-5,12,14H,3,6-11,13H2,1-2H3. The van der Waals surface area contributed by atoms with Gasteiger partial charge in [0.15, 0.2) is 5.82 Å². The van der Waals surface area contributed by atoms with E-state index in [0.29, 0.717) is 0 Å². The van der Waals surface area contributed by atoms with Gasteiger partial charge in [0.1, 0.15) is 5.75 Å². The molecule has 6 heteroatoms. The fourth-order valence-corrected chi connectivity index (χ4v) is 3.64. The average molecular weight is 342 g/mol. The van der Waals surface area contributed by atoms with Gasteiger partial charge < -0.3 is 9.26 Å². The van der Waals surface area contributed by atoms with Crippen LogP contribution in [0.5, 0.6) is 5.75 Å². The topological polar surface area (TPSA) is 54.6 Å². The van der Waals surface area contributed by atoms with Crippen molar-refractivity contribution < 1.29 is 9.26 Å². The van der Waals surface area contributed by atoms with Gasteiger partial charge in [0.25, 0.3) is 0 Å². The van der Waals surface area contributed by atoms with Crippen molar-refractivity contribution in [3.05, 3.63) is 41.0 Å². The Kier molecular flexibility index (Phi) is 4.72. The number of hydrogen-bond donors (Lipinski definition) is 0. The van der Waals surface area contributed by atoms with Crippen LogP contribution in [0.4, 0.5) is 0 Å². The Labute approximate surface area is 148 Å². The van der Waals surface area contributed by atoms with Gasteiger partial charge in [-0.15, -0.1) is 0 Å². The molecule has 0 aliphatic carbocycles. The Morgan fingerprint density at radius 2 is 2.04 bits per heavy atom. The van der Waals surface area contributed by atoms with E-state index < -0.39 is 0 Å². The fourth-order valence-electron chi connectivity index (χ4n) is 3.64. The molecule has 0 N–H and O–H groups in total. The van der Waals surface area contributed by atoms with Gasteiger partial charge in [-0.2, -0.15) is 4.98 Å². The molecule has 2 aromatic rings. The number of nitrogens with zero attached hydrogens (tertiary/aromatic N) is 4. The maximum Gasteiger partial charge on any atom is 0.243 e. The predicted octanol–water partition coefficient (Wildman–Crippen LogP) is 2.45. The van der Waals surface area contributed by atoms with Crippen LogP contribution >= 0.6 is 0 Å². The molecule has 1 aromatic heterocycles. The lowest BCUT2D eigenvalue weighted by molar-refractivity contribution is 0.0845. The van der Waals surface area contributed by atoms with E-state index in [-0.39, 0.29) is 6.04 Å². The maximum absolute atomic E-state index is 5.60. The Hall–Kier alpha value is -1.92. The lowest BCUT2D eigenvalue weighted by atomic mass is 10.1. The summed E-state index contributed by atoms with van der Waals surface area (Å²) in [6.45, 7) is 10.2. The van der Waals surface area contributed by atoms with Crippen molar-refractivity contribution in [2.24, 2.45) is 0 Å². The lowest BCUT2D eigenvalue weighted by Gasteiger charge is -2.36. The van der Waals surface area contributed by atoms with Gasteiger partial charge in [-0.3, -0.25) is 9.80 Å². The van der Waals surface area contributed by atoms with E-state index in [1.165, 1.54) is 11.1 Å². The number of hydrogen-bond acceptors (Lipinski definition) is 6. The fraction of sp³-hybridized carbons (Fsp3) is 0.579. The number of rotatable bonds is 5. The molecular weight excluding hydrogens is 316 g/mol. The van der Waals surface area contributed by atoms with Gasteiger partial charge >= 0.3 is 0 Å². The van der Waals surface area contributed by atoms with Crippen LogP contribution in [0, 0.1) is 0 Å². The zero-order valence-corrected chi connectivity index (χ0v) is 15.1. The van der Waals surface area contributed by atoms with Crippen LogP contribution in [0.25, 0.3) is 0 Å². The Balaban J connectivity index is 1.32. The molecule has 1 fully saturated rings. The molecule has 4 rings (SSSR count). The number of fused-ring (bicyclic) bond motifs is 1. The average Bonchev–Trinajstić information content (AvgIpc) is 3.30. The quantitative estimate of drug-likeness (QED) is 0.832. The van der Waals surface area contributed by atoms with E-state index in [4.69, 9.17) is 9.26 Å². The third-order valence-corrected chi connectivity index (χ3v) is 5.27. The van der Waals surface area contributed by atoms with Crippen LogP contribution in [-0.2, 0) is 19.4 Å². The second-order valence-electron chi connectivity index (χ2n) is 6.93. The lowest BCUT2D eigenvalue weighted by Crippen LogP contribution is -2.46. The van der Waals surface area contributed by atoms with Gasteiger partial charge in [0, 0.05) is 45.6 Å². The molecule has 0 amide bonds. The number of benzene rings is 1. The number of ether oxygens (including phenoxy) is 1. The monoisotopic (exact) mass is 342 g/mol. The van der Waals surface area contributed by atoms with E-state index in [1.54, 1.807) is 0 Å². The second kappa shape index (κ2) is 7.14. The highest BCUT2D eigenvalue weighted by molar-refractivity contribution is 5.39. The summed E-state index contributed by atoms with van der Waals surface area (Å²) in [5.74, 6) is 2.60. The first-order valence-electron chi connectivity index (χ1n) is 9.26. The maximum atomic E-state index is 5.60. The predicted molar refractivity (Wildman–Crippen MR) is 94.6 cm³/mol. The highest BCUT2D eigenvalue weighted by Crippen LogP contribution is 2.27. The number of piperazine rings is 1. The molecule has 2 aliphatic heterocycles. The normalized spacial score (nSPS) is 19.6. The van der Waals surface area contributed by atoms with Gasteiger partial charge in [0.05, 0.1) is 12.6 Å². The molecule has 0 saturated carbocycles. The highest BCUT2D eigenvalue weighted by Gasteiger charge is 2.25.